The molecule has 7 nitrogen and oxygen atoms in total. The fourth-order valence-electron chi connectivity index (χ4n) is 1.36. The summed E-state index contributed by atoms with van der Waals surface area (Å²) >= 11 is 5.71. The van der Waals surface area contributed by atoms with Crippen LogP contribution in [0, 0.1) is 0 Å². The van der Waals surface area contributed by atoms with Crippen LogP contribution in [0.25, 0.3) is 0 Å². The second-order valence-corrected chi connectivity index (χ2v) is 4.02. The highest BCUT2D eigenvalue weighted by Crippen LogP contribution is 2.14. The van der Waals surface area contributed by atoms with E-state index in [2.05, 4.69) is 20.5 Å². The molecule has 0 fully saturated rings. The topological polar surface area (TPSA) is 98.7 Å². The number of nitrogen functional groups attached to an aromatic ring is 1. The number of anilines is 1. The first-order valence-corrected chi connectivity index (χ1v) is 5.48. The van der Waals surface area contributed by atoms with E-state index in [0.717, 1.165) is 0 Å². The molecule has 2 aromatic heterocycles. The van der Waals surface area contributed by atoms with Crippen LogP contribution in [-0.2, 0) is 13.6 Å². The van der Waals surface area contributed by atoms with Gasteiger partial charge in [-0.1, -0.05) is 11.6 Å². The molecule has 3 N–H and O–H groups in total. The molecular weight excluding hydrogens is 256 g/mol. The van der Waals surface area contributed by atoms with Crippen LogP contribution in [0.15, 0.2) is 18.6 Å². The third kappa shape index (κ3) is 2.57. The molecule has 94 valence electrons. The van der Waals surface area contributed by atoms with E-state index in [1.54, 1.807) is 17.9 Å². The zero-order valence-electron chi connectivity index (χ0n) is 9.59. The summed E-state index contributed by atoms with van der Waals surface area (Å²) in [6, 6.07) is 1.42. The predicted octanol–water partition coefficient (Wildman–Crippen LogP) is 0.376. The van der Waals surface area contributed by atoms with Gasteiger partial charge in [-0.3, -0.25) is 4.79 Å². The van der Waals surface area contributed by atoms with Crippen molar-refractivity contribution >= 4 is 23.2 Å². The van der Waals surface area contributed by atoms with Gasteiger partial charge in [-0.25, -0.2) is 4.98 Å². The van der Waals surface area contributed by atoms with Gasteiger partial charge in [0, 0.05) is 7.05 Å². The van der Waals surface area contributed by atoms with E-state index in [1.165, 1.54) is 12.3 Å². The average Bonchev–Trinajstić information content (AvgIpc) is 2.75. The zero-order valence-corrected chi connectivity index (χ0v) is 10.3. The Labute approximate surface area is 108 Å². The minimum atomic E-state index is -0.334. The van der Waals surface area contributed by atoms with Crippen molar-refractivity contribution in [3.8, 4) is 0 Å². The first-order chi connectivity index (χ1) is 8.58. The van der Waals surface area contributed by atoms with Crippen LogP contribution < -0.4 is 11.1 Å². The number of carbonyl (C=O) groups is 1. The Morgan fingerprint density at radius 3 is 3.06 bits per heavy atom. The van der Waals surface area contributed by atoms with E-state index >= 15 is 0 Å². The lowest BCUT2D eigenvalue weighted by Crippen LogP contribution is -2.25. The number of pyridine rings is 1. The Hall–Kier alpha value is -2.15. The van der Waals surface area contributed by atoms with Gasteiger partial charge in [0.1, 0.15) is 11.5 Å². The van der Waals surface area contributed by atoms with Crippen LogP contribution in [0.5, 0.6) is 0 Å². The highest BCUT2D eigenvalue weighted by atomic mass is 35.5. The number of hydrogen-bond donors (Lipinski definition) is 2. The standard InChI is InChI=1S/C10H11ClN6O/c1-17-5-15-16-9(17)4-14-10(18)6-2-8(11)13-3-7(6)12/h2-3,5H,4,12H2,1H3,(H,14,18). The van der Waals surface area contributed by atoms with Crippen LogP contribution >= 0.6 is 11.6 Å². The molecule has 18 heavy (non-hydrogen) atoms. The Morgan fingerprint density at radius 2 is 2.39 bits per heavy atom. The molecule has 0 aliphatic heterocycles. The molecule has 2 heterocycles. The van der Waals surface area contributed by atoms with E-state index in [4.69, 9.17) is 17.3 Å². The average molecular weight is 267 g/mol. The Morgan fingerprint density at radius 1 is 1.61 bits per heavy atom. The van der Waals surface area contributed by atoms with Crippen LogP contribution in [0.4, 0.5) is 5.69 Å². The quantitative estimate of drug-likeness (QED) is 0.783. The second-order valence-electron chi connectivity index (χ2n) is 3.64. The molecule has 0 saturated carbocycles. The minimum Gasteiger partial charge on any atom is -0.397 e. The first kappa shape index (κ1) is 12.3. The number of halogens is 1. The summed E-state index contributed by atoms with van der Waals surface area (Å²) in [5, 5.41) is 10.5. The summed E-state index contributed by atoms with van der Waals surface area (Å²) in [6.45, 7) is 0.259. The number of amides is 1. The summed E-state index contributed by atoms with van der Waals surface area (Å²) < 4.78 is 1.71. The minimum absolute atomic E-state index is 0.216. The first-order valence-electron chi connectivity index (χ1n) is 5.10. The molecular formula is C10H11ClN6O. The number of aryl methyl sites for hydroxylation is 1. The molecule has 2 aromatic rings. The summed E-state index contributed by atoms with van der Waals surface area (Å²) in [7, 11) is 1.79. The smallest absolute Gasteiger partial charge is 0.253 e. The summed E-state index contributed by atoms with van der Waals surface area (Å²) in [4.78, 5) is 15.7. The van der Waals surface area contributed by atoms with Crippen LogP contribution in [0.3, 0.4) is 0 Å². The van der Waals surface area contributed by atoms with Crippen molar-refractivity contribution in [2.24, 2.45) is 7.05 Å². The van der Waals surface area contributed by atoms with E-state index in [-0.39, 0.29) is 28.9 Å². The highest BCUT2D eigenvalue weighted by Gasteiger charge is 2.11. The Bertz CT molecular complexity index is 581. The lowest BCUT2D eigenvalue weighted by Gasteiger charge is -2.07. The lowest BCUT2D eigenvalue weighted by atomic mass is 10.2. The molecule has 1 amide bonds. The zero-order chi connectivity index (χ0) is 13.1. The third-order valence-electron chi connectivity index (χ3n) is 2.36. The molecule has 0 aliphatic carbocycles. The summed E-state index contributed by atoms with van der Waals surface area (Å²) in [5.74, 6) is 0.307. The van der Waals surface area contributed by atoms with Gasteiger partial charge < -0.3 is 15.6 Å². The monoisotopic (exact) mass is 266 g/mol. The fourth-order valence-corrected chi connectivity index (χ4v) is 1.52. The molecule has 0 radical (unpaired) electrons. The van der Waals surface area contributed by atoms with Crippen molar-refractivity contribution in [2.45, 2.75) is 6.54 Å². The molecule has 8 heteroatoms. The molecule has 0 aromatic carbocycles. The number of rotatable bonds is 3. The number of nitrogens with one attached hydrogen (secondary N) is 1. The lowest BCUT2D eigenvalue weighted by molar-refractivity contribution is 0.0950. The maximum Gasteiger partial charge on any atom is 0.253 e. The van der Waals surface area contributed by atoms with Gasteiger partial charge in [0.05, 0.1) is 24.0 Å². The van der Waals surface area contributed by atoms with Crippen molar-refractivity contribution in [3.63, 3.8) is 0 Å². The Balaban J connectivity index is 2.08. The van der Waals surface area contributed by atoms with E-state index < -0.39 is 0 Å². The van der Waals surface area contributed by atoms with E-state index in [9.17, 15) is 4.79 Å². The fraction of sp³-hybridized carbons (Fsp3) is 0.200. The molecule has 0 saturated heterocycles. The van der Waals surface area contributed by atoms with Crippen molar-refractivity contribution in [2.75, 3.05) is 5.73 Å². The number of nitrogens with zero attached hydrogens (tertiary/aromatic N) is 4. The molecule has 0 unspecified atom stereocenters. The van der Waals surface area contributed by atoms with E-state index in [1.807, 2.05) is 0 Å². The molecule has 2 rings (SSSR count). The molecule has 0 aliphatic rings. The molecule has 0 spiro atoms. The van der Waals surface area contributed by atoms with E-state index in [0.29, 0.717) is 5.82 Å². The summed E-state index contributed by atoms with van der Waals surface area (Å²) in [6.07, 6.45) is 2.90. The number of carbonyl (C=O) groups excluding carboxylic acids is 1. The van der Waals surface area contributed by atoms with Crippen molar-refractivity contribution in [1.82, 2.24) is 25.1 Å². The molecule has 0 atom stereocenters. The maximum atomic E-state index is 11.9. The number of hydrogen-bond acceptors (Lipinski definition) is 5. The highest BCUT2D eigenvalue weighted by molar-refractivity contribution is 6.29. The van der Waals surface area contributed by atoms with Gasteiger partial charge in [0.15, 0.2) is 5.82 Å². The number of aromatic nitrogens is 4. The van der Waals surface area contributed by atoms with Gasteiger partial charge in [0.25, 0.3) is 5.91 Å². The van der Waals surface area contributed by atoms with Gasteiger partial charge in [0.2, 0.25) is 0 Å². The van der Waals surface area contributed by atoms with Crippen molar-refractivity contribution < 1.29 is 4.79 Å². The van der Waals surface area contributed by atoms with Gasteiger partial charge in [-0.15, -0.1) is 10.2 Å². The van der Waals surface area contributed by atoms with Crippen LogP contribution in [0.1, 0.15) is 16.2 Å². The summed E-state index contributed by atoms with van der Waals surface area (Å²) in [5.41, 5.74) is 6.22. The third-order valence-corrected chi connectivity index (χ3v) is 2.56. The SMILES string of the molecule is Cn1cnnc1CNC(=O)c1cc(Cl)ncc1N. The van der Waals surface area contributed by atoms with Crippen molar-refractivity contribution in [1.29, 1.82) is 0 Å². The molecule has 0 bridgehead atoms. The van der Waals surface area contributed by atoms with Gasteiger partial charge in [-0.2, -0.15) is 0 Å². The second kappa shape index (κ2) is 5.01. The normalized spacial score (nSPS) is 10.3. The number of nitrogens with two attached hydrogens (primary N) is 1. The predicted molar refractivity (Wildman–Crippen MR) is 65.8 cm³/mol. The van der Waals surface area contributed by atoms with Crippen LogP contribution in [-0.4, -0.2) is 25.7 Å². The maximum absolute atomic E-state index is 11.9. The largest absolute Gasteiger partial charge is 0.397 e. The van der Waals surface area contributed by atoms with Gasteiger partial charge >= 0.3 is 0 Å². The van der Waals surface area contributed by atoms with Gasteiger partial charge in [-0.05, 0) is 6.07 Å². The van der Waals surface area contributed by atoms with Crippen LogP contribution in [0.2, 0.25) is 5.15 Å². The van der Waals surface area contributed by atoms with Crippen molar-refractivity contribution in [3.05, 3.63) is 35.1 Å². The Kier molecular flexibility index (Phi) is 3.42.